The van der Waals surface area contributed by atoms with Crippen LogP contribution in [-0.2, 0) is 16.6 Å². The first kappa shape index (κ1) is 35.3. The van der Waals surface area contributed by atoms with E-state index < -0.39 is 5.97 Å². The van der Waals surface area contributed by atoms with Crippen molar-refractivity contribution in [1.29, 1.82) is 0 Å². The van der Waals surface area contributed by atoms with Gasteiger partial charge in [-0.3, -0.25) is 10.2 Å². The van der Waals surface area contributed by atoms with Gasteiger partial charge >= 0.3 is 5.97 Å². The largest absolute Gasteiger partial charge is 0.505 e. The molecule has 244 valence electrons. The quantitative estimate of drug-likeness (QED) is 0.134. The second-order valence-corrected chi connectivity index (χ2v) is 11.4. The Balaban J connectivity index is 0.000000482. The Morgan fingerprint density at radius 1 is 1.04 bits per heavy atom. The van der Waals surface area contributed by atoms with Gasteiger partial charge in [-0.05, 0) is 98.9 Å². The molecule has 2 aromatic carbocycles. The molecule has 1 fully saturated rings. The van der Waals surface area contributed by atoms with Crippen LogP contribution in [-0.4, -0.2) is 60.0 Å². The lowest BCUT2D eigenvalue weighted by Crippen LogP contribution is -2.36. The molecule has 1 aliphatic heterocycles. The van der Waals surface area contributed by atoms with E-state index in [0.717, 1.165) is 44.7 Å². The number of benzene rings is 2. The Morgan fingerprint density at radius 2 is 1.71 bits per heavy atom. The van der Waals surface area contributed by atoms with E-state index in [9.17, 15) is 14.7 Å². The minimum absolute atomic E-state index is 0.0694. The second-order valence-electron chi connectivity index (χ2n) is 11.4. The van der Waals surface area contributed by atoms with Crippen LogP contribution in [0, 0.1) is 0 Å². The maximum atomic E-state index is 13.2. The lowest BCUT2D eigenvalue weighted by atomic mass is 9.86. The average molecular weight is 621 g/mol. The van der Waals surface area contributed by atoms with Crippen LogP contribution in [0.15, 0.2) is 58.0 Å². The predicted molar refractivity (Wildman–Crippen MR) is 180 cm³/mol. The molecule has 1 amide bonds. The Bertz CT molecular complexity index is 1470. The van der Waals surface area contributed by atoms with Crippen molar-refractivity contribution < 1.29 is 24.2 Å². The molecule has 5 rings (SSSR count). The number of aromatic hydroxyl groups is 1. The number of aryl methyl sites for hydroxylation is 1. The summed E-state index contributed by atoms with van der Waals surface area (Å²) in [4.78, 5) is 24.3. The van der Waals surface area contributed by atoms with Gasteiger partial charge in [0.2, 0.25) is 5.76 Å². The highest BCUT2D eigenvalue weighted by atomic mass is 16.4. The van der Waals surface area contributed by atoms with Crippen LogP contribution in [0.1, 0.15) is 76.6 Å². The van der Waals surface area contributed by atoms with Crippen molar-refractivity contribution in [1.82, 2.24) is 16.1 Å². The minimum atomic E-state index is -1.20. The van der Waals surface area contributed by atoms with Crippen LogP contribution in [0.25, 0.3) is 11.3 Å². The molecule has 0 spiro atoms. The molecule has 45 heavy (non-hydrogen) atoms. The monoisotopic (exact) mass is 620 g/mol. The van der Waals surface area contributed by atoms with Crippen molar-refractivity contribution in [2.45, 2.75) is 72.8 Å². The van der Waals surface area contributed by atoms with Crippen molar-refractivity contribution in [3.8, 4) is 17.1 Å². The SMILES string of the molecule is CC1NN(c2ccc3c(c2)C(C)(C)CC3)C(=O)/C1=N\Nc1cccc(-c2ccc(C(=O)O)o2)c1O.CCNCC.CCNCC. The number of phenols is 1. The first-order chi connectivity index (χ1) is 21.5. The number of fused-ring (bicyclic) bond motifs is 1. The number of nitrogens with zero attached hydrogens (tertiary/aromatic N) is 2. The Kier molecular flexibility index (Phi) is 12.7. The molecule has 0 radical (unpaired) electrons. The molecule has 1 saturated heterocycles. The highest BCUT2D eigenvalue weighted by Crippen LogP contribution is 2.40. The lowest BCUT2D eigenvalue weighted by Gasteiger charge is -2.22. The number of hydrazone groups is 1. The molecule has 11 heteroatoms. The predicted octanol–water partition coefficient (Wildman–Crippen LogP) is 5.51. The lowest BCUT2D eigenvalue weighted by molar-refractivity contribution is -0.112. The van der Waals surface area contributed by atoms with Gasteiger partial charge in [-0.15, -0.1) is 0 Å². The number of carbonyl (C=O) groups excluding carboxylic acids is 1. The average Bonchev–Trinajstić information content (AvgIpc) is 3.70. The number of carbonyl (C=O) groups is 2. The van der Waals surface area contributed by atoms with Crippen LogP contribution in [0.3, 0.4) is 0 Å². The molecule has 3 aromatic rings. The first-order valence-corrected chi connectivity index (χ1v) is 15.6. The van der Waals surface area contributed by atoms with Crippen LogP contribution < -0.4 is 26.5 Å². The normalized spacial score (nSPS) is 17.3. The number of furan rings is 1. The summed E-state index contributed by atoms with van der Waals surface area (Å²) in [5.41, 5.74) is 10.2. The summed E-state index contributed by atoms with van der Waals surface area (Å²) in [6.45, 7) is 19.0. The van der Waals surface area contributed by atoms with Gasteiger partial charge in [0.25, 0.3) is 5.91 Å². The maximum Gasteiger partial charge on any atom is 0.371 e. The third kappa shape index (κ3) is 8.72. The van der Waals surface area contributed by atoms with Crippen LogP contribution in [0.4, 0.5) is 11.4 Å². The van der Waals surface area contributed by atoms with E-state index in [0.29, 0.717) is 5.56 Å². The van der Waals surface area contributed by atoms with Gasteiger partial charge in [-0.25, -0.2) is 15.2 Å². The van der Waals surface area contributed by atoms with Gasteiger partial charge in [0.1, 0.15) is 11.5 Å². The zero-order valence-corrected chi connectivity index (χ0v) is 27.5. The first-order valence-electron chi connectivity index (χ1n) is 15.6. The number of rotatable bonds is 9. The second kappa shape index (κ2) is 16.2. The van der Waals surface area contributed by atoms with Gasteiger partial charge < -0.3 is 25.3 Å². The fourth-order valence-corrected chi connectivity index (χ4v) is 5.13. The Hall–Kier alpha value is -4.19. The van der Waals surface area contributed by atoms with Crippen molar-refractivity contribution in [3.63, 3.8) is 0 Å². The van der Waals surface area contributed by atoms with E-state index in [-0.39, 0.29) is 46.0 Å². The number of hydrazine groups is 1. The number of anilines is 2. The number of carboxylic acids is 1. The summed E-state index contributed by atoms with van der Waals surface area (Å²) in [6.07, 6.45) is 2.12. The van der Waals surface area contributed by atoms with Gasteiger partial charge in [-0.2, -0.15) is 5.10 Å². The maximum absolute atomic E-state index is 13.2. The van der Waals surface area contributed by atoms with E-state index in [1.807, 2.05) is 13.0 Å². The van der Waals surface area contributed by atoms with E-state index in [1.165, 1.54) is 28.3 Å². The van der Waals surface area contributed by atoms with Crippen LogP contribution in [0.2, 0.25) is 0 Å². The molecule has 2 heterocycles. The number of carboxylic acid groups (broad SMARTS) is 1. The number of amides is 1. The fourth-order valence-electron chi connectivity index (χ4n) is 5.13. The molecule has 1 atom stereocenters. The number of hydrogen-bond donors (Lipinski definition) is 6. The summed E-state index contributed by atoms with van der Waals surface area (Å²) in [5.74, 6) is -1.69. The summed E-state index contributed by atoms with van der Waals surface area (Å²) in [7, 11) is 0. The summed E-state index contributed by atoms with van der Waals surface area (Å²) >= 11 is 0. The van der Waals surface area contributed by atoms with E-state index in [4.69, 9.17) is 9.52 Å². The van der Waals surface area contributed by atoms with Crippen LogP contribution in [0.5, 0.6) is 5.75 Å². The molecular formula is C34H48N6O5. The van der Waals surface area contributed by atoms with Gasteiger partial charge in [0.05, 0.1) is 23.0 Å². The summed E-state index contributed by atoms with van der Waals surface area (Å²) in [5, 5.41) is 31.8. The highest BCUT2D eigenvalue weighted by Gasteiger charge is 2.37. The highest BCUT2D eigenvalue weighted by molar-refractivity contribution is 6.47. The third-order valence-corrected chi connectivity index (χ3v) is 7.67. The van der Waals surface area contributed by atoms with Crippen molar-refractivity contribution in [2.24, 2.45) is 5.10 Å². The zero-order valence-electron chi connectivity index (χ0n) is 27.5. The Labute approximate surface area is 266 Å². The molecule has 6 N–H and O–H groups in total. The molecule has 1 unspecified atom stereocenters. The standard InChI is InChI=1S/C26H26N4O5.2C4H11N/c1-14-22(24(32)30(29-14)16-8-7-15-11-12-26(2,3)18(15)13-16)28-27-19-6-4-5-17(23(19)31)20-9-10-21(35-20)25(33)34;2*1-3-5-4-2/h4-10,13-14,27,29,31H,11-12H2,1-3H3,(H,33,34);2*5H,3-4H2,1-2H3/b28-22-;;. The summed E-state index contributed by atoms with van der Waals surface area (Å²) < 4.78 is 5.29. The molecule has 2 aliphatic rings. The fraction of sp³-hybridized carbons (Fsp3) is 0.441. The number of aromatic carboxylic acids is 1. The molecule has 0 bridgehead atoms. The third-order valence-electron chi connectivity index (χ3n) is 7.67. The Morgan fingerprint density at radius 3 is 2.29 bits per heavy atom. The van der Waals surface area contributed by atoms with Gasteiger partial charge in [-0.1, -0.05) is 53.7 Å². The number of para-hydroxylation sites is 1. The molecular weight excluding hydrogens is 572 g/mol. The number of hydrogen-bond acceptors (Lipinski definition) is 9. The molecule has 1 aromatic heterocycles. The smallest absolute Gasteiger partial charge is 0.371 e. The molecule has 0 saturated carbocycles. The summed E-state index contributed by atoms with van der Waals surface area (Å²) in [6, 6.07) is 13.4. The van der Waals surface area contributed by atoms with E-state index in [2.05, 4.69) is 80.3 Å². The van der Waals surface area contributed by atoms with Gasteiger partial charge in [0.15, 0.2) is 5.75 Å². The zero-order chi connectivity index (χ0) is 33.1. The van der Waals surface area contributed by atoms with Crippen LogP contribution >= 0.6 is 0 Å². The van der Waals surface area contributed by atoms with Crippen molar-refractivity contribution >= 4 is 29.0 Å². The molecule has 1 aliphatic carbocycles. The van der Waals surface area contributed by atoms with Crippen molar-refractivity contribution in [2.75, 3.05) is 36.6 Å². The topological polar surface area (TPSA) is 151 Å². The van der Waals surface area contributed by atoms with Crippen molar-refractivity contribution in [3.05, 3.63) is 65.4 Å². The van der Waals surface area contributed by atoms with E-state index >= 15 is 0 Å². The number of phenolic OH excluding ortho intramolecular Hbond substituents is 1. The van der Waals surface area contributed by atoms with E-state index in [1.54, 1.807) is 18.2 Å². The minimum Gasteiger partial charge on any atom is -0.505 e. The van der Waals surface area contributed by atoms with Gasteiger partial charge in [0, 0.05) is 0 Å². The number of nitrogens with one attached hydrogen (secondary N) is 4. The molecule has 11 nitrogen and oxygen atoms in total.